The highest BCUT2D eigenvalue weighted by atomic mass is 31.2. The maximum Gasteiger partial charge on any atom is 0.472 e. The summed E-state index contributed by atoms with van der Waals surface area (Å²) in [5.74, 6) is 0.108. The molecule has 0 aliphatic rings. The third-order valence-electron chi connectivity index (χ3n) is 17.4. The largest absolute Gasteiger partial charge is 0.472 e. The summed E-state index contributed by atoms with van der Waals surface area (Å²) in [4.78, 5) is 72.8. The summed E-state index contributed by atoms with van der Waals surface area (Å²) in [5, 5.41) is 10.6. The third-order valence-corrected chi connectivity index (χ3v) is 19.3. The zero-order valence-corrected chi connectivity index (χ0v) is 63.2. The quantitative estimate of drug-likeness (QED) is 0.0222. The predicted octanol–water partition coefficient (Wildman–Crippen LogP) is 21.8. The SMILES string of the molecule is CCCCCCCCCCCCCCCCCCC(=O)OC[C@H](COP(=O)(O)OC[C@@H](O)COP(=O)(O)OC[C@@H](COC(=O)CCCCCCCCCC(C)C)OC(=O)CCCCCCCCCCCC(C)C)OC(=O)CCCCCCCCCCCCCCCC(C)C. The van der Waals surface area contributed by atoms with E-state index < -0.39 is 97.5 Å². The van der Waals surface area contributed by atoms with Crippen molar-refractivity contribution in [2.75, 3.05) is 39.6 Å². The van der Waals surface area contributed by atoms with Crippen LogP contribution in [0.25, 0.3) is 0 Å². The molecule has 0 aromatic carbocycles. The Morgan fingerprint density at radius 3 is 0.723 bits per heavy atom. The van der Waals surface area contributed by atoms with Crippen molar-refractivity contribution in [2.45, 2.75) is 401 Å². The first-order valence-corrected chi connectivity index (χ1v) is 41.8. The summed E-state index contributed by atoms with van der Waals surface area (Å²) >= 11 is 0. The van der Waals surface area contributed by atoms with E-state index in [1.165, 1.54) is 186 Å². The van der Waals surface area contributed by atoms with E-state index >= 15 is 0 Å². The third kappa shape index (κ3) is 68.6. The van der Waals surface area contributed by atoms with Crippen LogP contribution in [0.15, 0.2) is 0 Å². The smallest absolute Gasteiger partial charge is 0.462 e. The van der Waals surface area contributed by atoms with Gasteiger partial charge in [0.1, 0.15) is 19.3 Å². The number of ether oxygens (including phenoxy) is 4. The molecule has 17 nitrogen and oxygen atoms in total. The molecule has 0 fully saturated rings. The van der Waals surface area contributed by atoms with E-state index in [4.69, 9.17) is 37.0 Å². The lowest BCUT2D eigenvalue weighted by Gasteiger charge is -2.21. The molecule has 0 saturated heterocycles. The maximum absolute atomic E-state index is 13.1. The lowest BCUT2D eigenvalue weighted by atomic mass is 10.0. The molecule has 0 radical (unpaired) electrons. The number of phosphoric ester groups is 2. The van der Waals surface area contributed by atoms with Gasteiger partial charge in [0.05, 0.1) is 26.4 Å². The van der Waals surface area contributed by atoms with Crippen molar-refractivity contribution in [2.24, 2.45) is 17.8 Å². The highest BCUT2D eigenvalue weighted by molar-refractivity contribution is 7.47. The zero-order valence-electron chi connectivity index (χ0n) is 61.4. The van der Waals surface area contributed by atoms with Crippen molar-refractivity contribution >= 4 is 39.5 Å². The van der Waals surface area contributed by atoms with E-state index in [1.807, 2.05) is 0 Å². The van der Waals surface area contributed by atoms with E-state index in [-0.39, 0.29) is 25.7 Å². The second-order valence-electron chi connectivity index (χ2n) is 28.5. The molecule has 0 aromatic rings. The first kappa shape index (κ1) is 92.1. The topological polar surface area (TPSA) is 237 Å². The molecule has 3 N–H and O–H groups in total. The number of esters is 4. The normalized spacial score (nSPS) is 14.1. The summed E-state index contributed by atoms with van der Waals surface area (Å²) in [7, 11) is -9.91. The molecule has 558 valence electrons. The number of aliphatic hydroxyl groups is 1. The van der Waals surface area contributed by atoms with Crippen LogP contribution in [0.1, 0.15) is 382 Å². The van der Waals surface area contributed by atoms with Gasteiger partial charge in [-0.2, -0.15) is 0 Å². The number of carbonyl (C=O) groups excluding carboxylic acids is 4. The summed E-state index contributed by atoms with van der Waals surface area (Å²) in [6.07, 6.45) is 51.4. The second kappa shape index (κ2) is 65.7. The van der Waals surface area contributed by atoms with Gasteiger partial charge >= 0.3 is 39.5 Å². The number of rotatable bonds is 73. The van der Waals surface area contributed by atoms with E-state index in [0.29, 0.717) is 31.6 Å². The highest BCUT2D eigenvalue weighted by Gasteiger charge is 2.30. The van der Waals surface area contributed by atoms with E-state index in [0.717, 1.165) is 108 Å². The van der Waals surface area contributed by atoms with Crippen LogP contribution >= 0.6 is 15.6 Å². The Balaban J connectivity index is 5.25. The number of phosphoric acid groups is 2. The van der Waals surface area contributed by atoms with Crippen molar-refractivity contribution in [1.29, 1.82) is 0 Å². The molecular weight excluding hydrogens is 1230 g/mol. The van der Waals surface area contributed by atoms with Gasteiger partial charge in [-0.15, -0.1) is 0 Å². The van der Waals surface area contributed by atoms with Crippen molar-refractivity contribution in [3.63, 3.8) is 0 Å². The molecule has 94 heavy (non-hydrogen) atoms. The molecule has 0 aliphatic heterocycles. The Kier molecular flexibility index (Phi) is 64.3. The Labute approximate surface area is 575 Å². The van der Waals surface area contributed by atoms with E-state index in [2.05, 4.69) is 48.5 Å². The maximum atomic E-state index is 13.1. The minimum Gasteiger partial charge on any atom is -0.462 e. The molecule has 0 rings (SSSR count). The first-order valence-electron chi connectivity index (χ1n) is 38.8. The van der Waals surface area contributed by atoms with Crippen molar-refractivity contribution in [1.82, 2.24) is 0 Å². The molecular formula is C75H146O17P2. The van der Waals surface area contributed by atoms with E-state index in [1.54, 1.807) is 0 Å². The summed E-state index contributed by atoms with van der Waals surface area (Å²) in [6.45, 7) is 11.8. The second-order valence-corrected chi connectivity index (χ2v) is 31.4. The van der Waals surface area contributed by atoms with Crippen molar-refractivity contribution < 1.29 is 80.2 Å². The number of hydrogen-bond acceptors (Lipinski definition) is 15. The van der Waals surface area contributed by atoms with Crippen LogP contribution in [0.5, 0.6) is 0 Å². The van der Waals surface area contributed by atoms with Crippen LogP contribution in [0.4, 0.5) is 0 Å². The standard InChI is InChI=1S/C75H146O17P2/c1-8-9-10-11-12-13-14-15-16-17-20-23-28-35-42-49-56-72(77)85-62-70(91-74(79)58-51-44-36-29-24-21-18-19-22-26-32-39-46-53-66(2)3)64-89-93(81,82)87-60-69(76)61-88-94(83,84)90-65-71(63-86-73(78)57-50-43-38-31-34-41-48-55-68(6)7)92-75(80)59-52-45-37-30-25-27-33-40-47-54-67(4)5/h66-71,76H,8-65H2,1-7H3,(H,81,82)(H,83,84)/t69-,70-,71-/m1/s1. The summed E-state index contributed by atoms with van der Waals surface area (Å²) < 4.78 is 68.5. The molecule has 0 saturated carbocycles. The molecule has 0 spiro atoms. The first-order chi connectivity index (χ1) is 45.2. The average Bonchev–Trinajstić information content (AvgIpc) is 1.37. The zero-order chi connectivity index (χ0) is 69.4. The van der Waals surface area contributed by atoms with Gasteiger partial charge in [-0.3, -0.25) is 37.3 Å². The number of carbonyl (C=O) groups is 4. The van der Waals surface area contributed by atoms with Gasteiger partial charge in [0, 0.05) is 25.7 Å². The van der Waals surface area contributed by atoms with Crippen LogP contribution in [0, 0.1) is 17.8 Å². The molecule has 0 heterocycles. The van der Waals surface area contributed by atoms with Gasteiger partial charge in [0.15, 0.2) is 12.2 Å². The Hall–Kier alpha value is -1.94. The van der Waals surface area contributed by atoms with Crippen molar-refractivity contribution in [3.05, 3.63) is 0 Å². The van der Waals surface area contributed by atoms with Gasteiger partial charge in [0.2, 0.25) is 0 Å². The Bertz CT molecular complexity index is 1840. The number of unbranched alkanes of at least 4 members (excludes halogenated alkanes) is 41. The minimum absolute atomic E-state index is 0.104. The van der Waals surface area contributed by atoms with Crippen LogP contribution in [-0.4, -0.2) is 96.7 Å². The van der Waals surface area contributed by atoms with Gasteiger partial charge in [-0.1, -0.05) is 331 Å². The van der Waals surface area contributed by atoms with Gasteiger partial charge < -0.3 is 33.8 Å². The predicted molar refractivity (Wildman–Crippen MR) is 381 cm³/mol. The molecule has 0 amide bonds. The fourth-order valence-electron chi connectivity index (χ4n) is 11.4. The van der Waals surface area contributed by atoms with Gasteiger partial charge in [0.25, 0.3) is 0 Å². The van der Waals surface area contributed by atoms with Crippen LogP contribution in [0.3, 0.4) is 0 Å². The van der Waals surface area contributed by atoms with Gasteiger partial charge in [-0.05, 0) is 43.4 Å². The lowest BCUT2D eigenvalue weighted by Crippen LogP contribution is -2.30. The van der Waals surface area contributed by atoms with Crippen LogP contribution in [-0.2, 0) is 65.4 Å². The Morgan fingerprint density at radius 2 is 0.489 bits per heavy atom. The molecule has 0 aliphatic carbocycles. The number of aliphatic hydroxyl groups excluding tert-OH is 1. The molecule has 0 aromatic heterocycles. The van der Waals surface area contributed by atoms with Crippen LogP contribution in [0.2, 0.25) is 0 Å². The summed E-state index contributed by atoms with van der Waals surface area (Å²) in [6, 6.07) is 0. The molecule has 0 bridgehead atoms. The van der Waals surface area contributed by atoms with Crippen LogP contribution < -0.4 is 0 Å². The fourth-order valence-corrected chi connectivity index (χ4v) is 13.0. The fraction of sp³-hybridized carbons (Fsp3) is 0.947. The number of hydrogen-bond donors (Lipinski definition) is 3. The minimum atomic E-state index is -4.96. The van der Waals surface area contributed by atoms with Gasteiger partial charge in [-0.25, -0.2) is 9.13 Å². The monoisotopic (exact) mass is 1380 g/mol. The molecule has 5 atom stereocenters. The highest BCUT2D eigenvalue weighted by Crippen LogP contribution is 2.45. The average molecular weight is 1380 g/mol. The Morgan fingerprint density at radius 1 is 0.287 bits per heavy atom. The van der Waals surface area contributed by atoms with E-state index in [9.17, 15) is 43.2 Å². The molecule has 2 unspecified atom stereocenters. The lowest BCUT2D eigenvalue weighted by molar-refractivity contribution is -0.161. The summed E-state index contributed by atoms with van der Waals surface area (Å²) in [5.41, 5.74) is 0. The molecule has 19 heteroatoms. The van der Waals surface area contributed by atoms with Crippen molar-refractivity contribution in [3.8, 4) is 0 Å².